The van der Waals surface area contributed by atoms with E-state index in [9.17, 15) is 22.8 Å². The minimum atomic E-state index is -4.51. The van der Waals surface area contributed by atoms with Crippen molar-refractivity contribution in [1.82, 2.24) is 10.2 Å². The molecule has 88 valence electrons. The van der Waals surface area contributed by atoms with E-state index in [0.717, 1.165) is 7.05 Å². The molecule has 0 saturated heterocycles. The summed E-state index contributed by atoms with van der Waals surface area (Å²) < 4.78 is 35.1. The van der Waals surface area contributed by atoms with Gasteiger partial charge in [0, 0.05) is 7.05 Å². The number of rotatable bonds is 3. The monoisotopic (exact) mass is 228 g/mol. The molecule has 1 unspecified atom stereocenters. The second kappa shape index (κ2) is 4.85. The molecule has 0 saturated carbocycles. The van der Waals surface area contributed by atoms with E-state index in [1.807, 2.05) is 0 Å². The van der Waals surface area contributed by atoms with Gasteiger partial charge in [-0.2, -0.15) is 13.2 Å². The van der Waals surface area contributed by atoms with E-state index in [0.29, 0.717) is 4.90 Å². The van der Waals surface area contributed by atoms with E-state index in [1.54, 1.807) is 5.32 Å². The molecule has 2 N–H and O–H groups in total. The number of aliphatic carboxylic acids is 1. The molecule has 0 aromatic heterocycles. The highest BCUT2D eigenvalue weighted by Gasteiger charge is 2.29. The lowest BCUT2D eigenvalue weighted by atomic mass is 10.3. The van der Waals surface area contributed by atoms with Crippen molar-refractivity contribution in [2.24, 2.45) is 0 Å². The zero-order chi connectivity index (χ0) is 12.2. The van der Waals surface area contributed by atoms with Crippen molar-refractivity contribution in [2.75, 3.05) is 13.6 Å². The molecule has 0 aromatic carbocycles. The van der Waals surface area contributed by atoms with Crippen LogP contribution in [-0.4, -0.2) is 47.8 Å². The summed E-state index contributed by atoms with van der Waals surface area (Å²) in [6.07, 6.45) is -4.51. The van der Waals surface area contributed by atoms with Gasteiger partial charge in [0.1, 0.15) is 12.6 Å². The third-order valence-electron chi connectivity index (χ3n) is 1.70. The first-order valence-corrected chi connectivity index (χ1v) is 3.95. The molecule has 5 nitrogen and oxygen atoms in total. The van der Waals surface area contributed by atoms with Crippen LogP contribution in [0.5, 0.6) is 0 Å². The van der Waals surface area contributed by atoms with Gasteiger partial charge in [-0.05, 0) is 6.92 Å². The molecule has 0 aliphatic carbocycles. The maximum Gasteiger partial charge on any atom is 0.405 e. The third-order valence-corrected chi connectivity index (χ3v) is 1.70. The number of alkyl halides is 3. The van der Waals surface area contributed by atoms with Crippen molar-refractivity contribution in [3.05, 3.63) is 0 Å². The number of nitrogens with one attached hydrogen (secondary N) is 1. The maximum absolute atomic E-state index is 11.7. The number of nitrogens with zero attached hydrogens (tertiary/aromatic N) is 1. The van der Waals surface area contributed by atoms with E-state index >= 15 is 0 Å². The molecule has 2 amide bonds. The molecule has 0 aliphatic heterocycles. The largest absolute Gasteiger partial charge is 0.480 e. The van der Waals surface area contributed by atoms with Crippen LogP contribution in [0.2, 0.25) is 0 Å². The summed E-state index contributed by atoms with van der Waals surface area (Å²) in [7, 11) is 1.10. The van der Waals surface area contributed by atoms with E-state index in [1.165, 1.54) is 6.92 Å². The standard InChI is InChI=1S/C7H11F3N2O3/c1-4(5(13)14)12(2)6(15)11-3-7(8,9)10/h4H,3H2,1-2H3,(H,11,15)(H,13,14). The second-order valence-electron chi connectivity index (χ2n) is 2.90. The Labute approximate surface area is 83.9 Å². The predicted octanol–water partition coefficient (Wildman–Crippen LogP) is 0.663. The van der Waals surface area contributed by atoms with Gasteiger partial charge >= 0.3 is 18.2 Å². The molecule has 0 bridgehead atoms. The van der Waals surface area contributed by atoms with Crippen LogP contribution in [0.4, 0.5) is 18.0 Å². The summed E-state index contributed by atoms with van der Waals surface area (Å²) in [6.45, 7) is -0.294. The van der Waals surface area contributed by atoms with Crippen LogP contribution in [0.25, 0.3) is 0 Å². The molecule has 0 spiro atoms. The summed E-state index contributed by atoms with van der Waals surface area (Å²) in [5.74, 6) is -1.29. The number of carbonyl (C=O) groups is 2. The van der Waals surface area contributed by atoms with Crippen LogP contribution in [0.1, 0.15) is 6.92 Å². The lowest BCUT2D eigenvalue weighted by molar-refractivity contribution is -0.141. The molecule has 0 fully saturated rings. The molecule has 0 aliphatic rings. The van der Waals surface area contributed by atoms with Gasteiger partial charge in [-0.25, -0.2) is 9.59 Å². The van der Waals surface area contributed by atoms with Crippen LogP contribution in [-0.2, 0) is 4.79 Å². The molecular weight excluding hydrogens is 217 g/mol. The smallest absolute Gasteiger partial charge is 0.405 e. The van der Waals surface area contributed by atoms with E-state index in [2.05, 4.69) is 0 Å². The van der Waals surface area contributed by atoms with Crippen molar-refractivity contribution in [3.63, 3.8) is 0 Å². The van der Waals surface area contributed by atoms with Gasteiger partial charge in [0.25, 0.3) is 0 Å². The minimum absolute atomic E-state index is 0.675. The Morgan fingerprint density at radius 2 is 1.93 bits per heavy atom. The number of halogens is 3. The van der Waals surface area contributed by atoms with E-state index < -0.39 is 30.8 Å². The molecule has 1 atom stereocenters. The Morgan fingerprint density at radius 3 is 2.27 bits per heavy atom. The Bertz CT molecular complexity index is 254. The number of carboxylic acids is 1. The molecular formula is C7H11F3N2O3. The van der Waals surface area contributed by atoms with Crippen molar-refractivity contribution in [3.8, 4) is 0 Å². The molecule has 0 heterocycles. The fourth-order valence-corrected chi connectivity index (χ4v) is 0.642. The number of hydrogen-bond donors (Lipinski definition) is 2. The van der Waals surface area contributed by atoms with Crippen LogP contribution in [0.3, 0.4) is 0 Å². The molecule has 0 radical (unpaired) electrons. The Kier molecular flexibility index (Phi) is 4.38. The Morgan fingerprint density at radius 1 is 1.47 bits per heavy atom. The lowest BCUT2D eigenvalue weighted by Crippen LogP contribution is -2.47. The van der Waals surface area contributed by atoms with Gasteiger partial charge in [0.15, 0.2) is 0 Å². The Hall–Kier alpha value is -1.47. The maximum atomic E-state index is 11.7. The molecule has 8 heteroatoms. The van der Waals surface area contributed by atoms with Crippen LogP contribution >= 0.6 is 0 Å². The first-order valence-electron chi connectivity index (χ1n) is 3.95. The van der Waals surface area contributed by atoms with Gasteiger partial charge in [-0.15, -0.1) is 0 Å². The van der Waals surface area contributed by atoms with Crippen molar-refractivity contribution >= 4 is 12.0 Å². The number of carboxylic acid groups (broad SMARTS) is 1. The summed E-state index contributed by atoms with van der Waals surface area (Å²) in [5, 5.41) is 10.0. The number of urea groups is 1. The van der Waals surface area contributed by atoms with Gasteiger partial charge in [0.05, 0.1) is 0 Å². The molecule has 0 aromatic rings. The second-order valence-corrected chi connectivity index (χ2v) is 2.90. The zero-order valence-electron chi connectivity index (χ0n) is 8.13. The van der Waals surface area contributed by atoms with Crippen LogP contribution in [0.15, 0.2) is 0 Å². The third kappa shape index (κ3) is 5.08. The molecule has 15 heavy (non-hydrogen) atoms. The zero-order valence-corrected chi connectivity index (χ0v) is 8.13. The predicted molar refractivity (Wildman–Crippen MR) is 44.3 cm³/mol. The first kappa shape index (κ1) is 13.5. The number of hydrogen-bond acceptors (Lipinski definition) is 2. The SMILES string of the molecule is CC(C(=O)O)N(C)C(=O)NCC(F)(F)F. The van der Waals surface area contributed by atoms with Gasteiger partial charge < -0.3 is 15.3 Å². The van der Waals surface area contributed by atoms with Crippen molar-refractivity contribution < 1.29 is 27.9 Å². The van der Waals surface area contributed by atoms with Crippen LogP contribution < -0.4 is 5.32 Å². The minimum Gasteiger partial charge on any atom is -0.480 e. The summed E-state index contributed by atoms with van der Waals surface area (Å²) >= 11 is 0. The van der Waals surface area contributed by atoms with Gasteiger partial charge in [-0.1, -0.05) is 0 Å². The fourth-order valence-electron chi connectivity index (χ4n) is 0.642. The van der Waals surface area contributed by atoms with Crippen molar-refractivity contribution in [2.45, 2.75) is 19.1 Å². The number of amides is 2. The topological polar surface area (TPSA) is 69.6 Å². The highest BCUT2D eigenvalue weighted by Crippen LogP contribution is 2.12. The average molecular weight is 228 g/mol. The number of likely N-dealkylation sites (N-methyl/N-ethyl adjacent to an activating group) is 1. The van der Waals surface area contributed by atoms with Crippen LogP contribution in [0, 0.1) is 0 Å². The van der Waals surface area contributed by atoms with E-state index in [-0.39, 0.29) is 0 Å². The highest BCUT2D eigenvalue weighted by molar-refractivity contribution is 5.82. The average Bonchev–Trinajstić information content (AvgIpc) is 2.10. The van der Waals surface area contributed by atoms with Crippen molar-refractivity contribution in [1.29, 1.82) is 0 Å². The fraction of sp³-hybridized carbons (Fsp3) is 0.714. The number of carbonyl (C=O) groups excluding carboxylic acids is 1. The lowest BCUT2D eigenvalue weighted by Gasteiger charge is -2.22. The summed E-state index contributed by atoms with van der Waals surface area (Å²) in [6, 6.07) is -2.26. The molecule has 0 rings (SSSR count). The summed E-state index contributed by atoms with van der Waals surface area (Å²) in [5.41, 5.74) is 0. The highest BCUT2D eigenvalue weighted by atomic mass is 19.4. The summed E-state index contributed by atoms with van der Waals surface area (Å²) in [4.78, 5) is 22.1. The van der Waals surface area contributed by atoms with E-state index in [4.69, 9.17) is 5.11 Å². The van der Waals surface area contributed by atoms with Gasteiger partial charge in [-0.3, -0.25) is 0 Å². The quantitative estimate of drug-likeness (QED) is 0.745. The van der Waals surface area contributed by atoms with Gasteiger partial charge in [0.2, 0.25) is 0 Å². The normalized spacial score (nSPS) is 13.1. The Balaban J connectivity index is 4.17. The first-order chi connectivity index (χ1) is 6.65.